The van der Waals surface area contributed by atoms with Crippen LogP contribution in [0.15, 0.2) is 48.7 Å². The summed E-state index contributed by atoms with van der Waals surface area (Å²) in [6, 6.07) is 14.1. The number of amides is 1. The molecule has 1 aromatic heterocycles. The van der Waals surface area contributed by atoms with E-state index in [1.165, 1.54) is 5.56 Å². The highest BCUT2D eigenvalue weighted by Gasteiger charge is 2.08. The minimum absolute atomic E-state index is 0.108. The quantitative estimate of drug-likeness (QED) is 0.719. The molecule has 4 nitrogen and oxygen atoms in total. The zero-order valence-corrected chi connectivity index (χ0v) is 13.9. The topological polar surface area (TPSA) is 54.0 Å². The highest BCUT2D eigenvalue weighted by Crippen LogP contribution is 2.18. The van der Waals surface area contributed by atoms with Gasteiger partial charge in [0.05, 0.1) is 11.9 Å². The van der Waals surface area contributed by atoms with E-state index in [1.54, 1.807) is 12.3 Å². The predicted molar refractivity (Wildman–Crippen MR) is 94.6 cm³/mol. The van der Waals surface area contributed by atoms with Crippen LogP contribution in [0, 0.1) is 0 Å². The van der Waals surface area contributed by atoms with Gasteiger partial charge < -0.3 is 10.6 Å². The van der Waals surface area contributed by atoms with Crippen LogP contribution in [0.25, 0.3) is 0 Å². The van der Waals surface area contributed by atoms with E-state index in [2.05, 4.69) is 41.6 Å². The van der Waals surface area contributed by atoms with Crippen molar-refractivity contribution in [2.24, 2.45) is 0 Å². The maximum atomic E-state index is 12.0. The first-order valence-corrected chi connectivity index (χ1v) is 8.26. The van der Waals surface area contributed by atoms with E-state index in [9.17, 15) is 4.79 Å². The smallest absolute Gasteiger partial charge is 0.269 e. The molecule has 0 fully saturated rings. The number of carbonyl (C=O) groups is 1. The molecule has 0 aliphatic heterocycles. The van der Waals surface area contributed by atoms with Crippen LogP contribution in [-0.2, 0) is 0 Å². The summed E-state index contributed by atoms with van der Waals surface area (Å²) in [5.41, 5.74) is 2.58. The van der Waals surface area contributed by atoms with Crippen LogP contribution in [0.4, 0.5) is 5.69 Å². The van der Waals surface area contributed by atoms with Crippen molar-refractivity contribution in [1.82, 2.24) is 10.3 Å². The van der Waals surface area contributed by atoms with Crippen LogP contribution in [0.1, 0.15) is 55.2 Å². The minimum Gasteiger partial charge on any atom is -0.377 e. The fourth-order valence-corrected chi connectivity index (χ4v) is 2.36. The average Bonchev–Trinajstić information content (AvgIpc) is 2.60. The Hall–Kier alpha value is -2.36. The van der Waals surface area contributed by atoms with Crippen LogP contribution in [0.2, 0.25) is 0 Å². The number of nitrogens with zero attached hydrogens (tertiary/aromatic N) is 1. The van der Waals surface area contributed by atoms with Gasteiger partial charge in [0.2, 0.25) is 0 Å². The second kappa shape index (κ2) is 8.93. The largest absolute Gasteiger partial charge is 0.377 e. The summed E-state index contributed by atoms with van der Waals surface area (Å²) in [6.45, 7) is 4.95. The van der Waals surface area contributed by atoms with Crippen LogP contribution in [0.5, 0.6) is 0 Å². The number of anilines is 1. The number of pyridine rings is 1. The number of carbonyl (C=O) groups excluding carboxylic acids is 1. The molecule has 122 valence electrons. The van der Waals surface area contributed by atoms with Gasteiger partial charge in [-0.1, -0.05) is 50.1 Å². The van der Waals surface area contributed by atoms with E-state index < -0.39 is 0 Å². The standard InChI is InChI=1S/C19H25N3O/c1-3-4-8-13-20-19(23)18-12-11-17(14-21-18)22-15(2)16-9-6-5-7-10-16/h5-7,9-12,14-15,22H,3-4,8,13H2,1-2H3,(H,20,23). The molecule has 2 aromatic rings. The fraction of sp³-hybridized carbons (Fsp3) is 0.368. The third kappa shape index (κ3) is 5.40. The highest BCUT2D eigenvalue weighted by molar-refractivity contribution is 5.92. The fourth-order valence-electron chi connectivity index (χ4n) is 2.36. The molecular weight excluding hydrogens is 286 g/mol. The average molecular weight is 311 g/mol. The van der Waals surface area contributed by atoms with Gasteiger partial charge in [-0.05, 0) is 31.0 Å². The third-order valence-corrected chi connectivity index (χ3v) is 3.74. The third-order valence-electron chi connectivity index (χ3n) is 3.74. The van der Waals surface area contributed by atoms with Crippen molar-refractivity contribution < 1.29 is 4.79 Å². The van der Waals surface area contributed by atoms with Crippen molar-refractivity contribution in [2.45, 2.75) is 39.2 Å². The lowest BCUT2D eigenvalue weighted by Crippen LogP contribution is -2.25. The van der Waals surface area contributed by atoms with Gasteiger partial charge >= 0.3 is 0 Å². The Kier molecular flexibility index (Phi) is 6.60. The number of rotatable bonds is 8. The van der Waals surface area contributed by atoms with E-state index in [1.807, 2.05) is 24.3 Å². The Balaban J connectivity index is 1.88. The number of unbranched alkanes of at least 4 members (excludes halogenated alkanes) is 2. The first kappa shape index (κ1) is 17.0. The molecule has 0 aliphatic carbocycles. The summed E-state index contributed by atoms with van der Waals surface area (Å²) in [5, 5.41) is 6.29. The van der Waals surface area contributed by atoms with E-state index in [-0.39, 0.29) is 11.9 Å². The van der Waals surface area contributed by atoms with Gasteiger partial charge in [-0.25, -0.2) is 4.98 Å². The number of hydrogen-bond donors (Lipinski definition) is 2. The second-order valence-electron chi connectivity index (χ2n) is 5.67. The molecular formula is C19H25N3O. The van der Waals surface area contributed by atoms with Crippen molar-refractivity contribution in [3.8, 4) is 0 Å². The van der Waals surface area contributed by atoms with Gasteiger partial charge in [0.1, 0.15) is 5.69 Å². The van der Waals surface area contributed by atoms with Crippen molar-refractivity contribution in [3.63, 3.8) is 0 Å². The molecule has 0 bridgehead atoms. The van der Waals surface area contributed by atoms with Crippen LogP contribution < -0.4 is 10.6 Å². The van der Waals surface area contributed by atoms with Gasteiger partial charge in [-0.15, -0.1) is 0 Å². The summed E-state index contributed by atoms with van der Waals surface area (Å²) in [6.07, 6.45) is 5.00. The molecule has 23 heavy (non-hydrogen) atoms. The lowest BCUT2D eigenvalue weighted by atomic mass is 10.1. The van der Waals surface area contributed by atoms with E-state index in [4.69, 9.17) is 0 Å². The first-order chi connectivity index (χ1) is 11.2. The summed E-state index contributed by atoms with van der Waals surface area (Å²) in [5.74, 6) is -0.108. The van der Waals surface area contributed by atoms with Gasteiger partial charge in [-0.2, -0.15) is 0 Å². The number of benzene rings is 1. The first-order valence-electron chi connectivity index (χ1n) is 8.26. The minimum atomic E-state index is -0.108. The molecule has 1 unspecified atom stereocenters. The van der Waals surface area contributed by atoms with Crippen LogP contribution in [0.3, 0.4) is 0 Å². The molecule has 0 radical (unpaired) electrons. The zero-order valence-electron chi connectivity index (χ0n) is 13.9. The van der Waals surface area contributed by atoms with E-state index >= 15 is 0 Å². The van der Waals surface area contributed by atoms with E-state index in [0.29, 0.717) is 12.2 Å². The SMILES string of the molecule is CCCCCNC(=O)c1ccc(NC(C)c2ccccc2)cn1. The summed E-state index contributed by atoms with van der Waals surface area (Å²) < 4.78 is 0. The molecule has 1 heterocycles. The van der Waals surface area contributed by atoms with Crippen molar-refractivity contribution in [2.75, 3.05) is 11.9 Å². The van der Waals surface area contributed by atoms with Gasteiger partial charge in [0.15, 0.2) is 0 Å². The number of nitrogens with one attached hydrogen (secondary N) is 2. The Morgan fingerprint density at radius 3 is 2.57 bits per heavy atom. The Labute approximate surface area is 138 Å². The Bertz CT molecular complexity index is 596. The molecule has 1 atom stereocenters. The maximum absolute atomic E-state index is 12.0. The van der Waals surface area contributed by atoms with Gasteiger partial charge in [-0.3, -0.25) is 4.79 Å². The normalized spacial score (nSPS) is 11.7. The van der Waals surface area contributed by atoms with Gasteiger partial charge in [0, 0.05) is 12.6 Å². The maximum Gasteiger partial charge on any atom is 0.269 e. The monoisotopic (exact) mass is 311 g/mol. The zero-order chi connectivity index (χ0) is 16.5. The molecule has 0 spiro atoms. The number of hydrogen-bond acceptors (Lipinski definition) is 3. The molecule has 1 amide bonds. The Morgan fingerprint density at radius 2 is 1.91 bits per heavy atom. The molecule has 0 aliphatic rings. The lowest BCUT2D eigenvalue weighted by molar-refractivity contribution is 0.0948. The Morgan fingerprint density at radius 1 is 1.13 bits per heavy atom. The van der Waals surface area contributed by atoms with Gasteiger partial charge in [0.25, 0.3) is 5.91 Å². The van der Waals surface area contributed by atoms with Crippen LogP contribution in [-0.4, -0.2) is 17.4 Å². The van der Waals surface area contributed by atoms with E-state index in [0.717, 1.165) is 24.9 Å². The van der Waals surface area contributed by atoms with Crippen molar-refractivity contribution >= 4 is 11.6 Å². The number of aromatic nitrogens is 1. The predicted octanol–water partition coefficient (Wildman–Crippen LogP) is 4.17. The molecule has 0 saturated carbocycles. The summed E-state index contributed by atoms with van der Waals surface area (Å²) in [7, 11) is 0. The second-order valence-corrected chi connectivity index (χ2v) is 5.67. The lowest BCUT2D eigenvalue weighted by Gasteiger charge is -2.15. The molecule has 1 aromatic carbocycles. The summed E-state index contributed by atoms with van der Waals surface area (Å²) in [4.78, 5) is 16.2. The summed E-state index contributed by atoms with van der Waals surface area (Å²) >= 11 is 0. The molecule has 2 N–H and O–H groups in total. The van der Waals surface area contributed by atoms with Crippen LogP contribution >= 0.6 is 0 Å². The van der Waals surface area contributed by atoms with Crippen molar-refractivity contribution in [1.29, 1.82) is 0 Å². The highest BCUT2D eigenvalue weighted by atomic mass is 16.1. The molecule has 0 saturated heterocycles. The molecule has 2 rings (SSSR count). The van der Waals surface area contributed by atoms with Crippen molar-refractivity contribution in [3.05, 3.63) is 59.9 Å². The molecule has 4 heteroatoms.